The Kier molecular flexibility index (Phi) is 4.23. The van der Waals surface area contributed by atoms with Crippen LogP contribution in [-0.2, 0) is 16.6 Å². The lowest BCUT2D eigenvalue weighted by Gasteiger charge is -2.14. The zero-order valence-electron chi connectivity index (χ0n) is 12.6. The predicted octanol–water partition coefficient (Wildman–Crippen LogP) is 2.26. The largest absolute Gasteiger partial charge is 0.310 e. The molecule has 112 valence electrons. The summed E-state index contributed by atoms with van der Waals surface area (Å²) < 4.78 is 27.8. The molecule has 1 fully saturated rings. The van der Waals surface area contributed by atoms with Crippen LogP contribution in [0.5, 0.6) is 0 Å². The van der Waals surface area contributed by atoms with Crippen molar-refractivity contribution in [2.45, 2.75) is 57.6 Å². The molecule has 5 heteroatoms. The van der Waals surface area contributed by atoms with Crippen LogP contribution in [-0.4, -0.2) is 20.5 Å². The van der Waals surface area contributed by atoms with E-state index in [0.717, 1.165) is 12.0 Å². The van der Waals surface area contributed by atoms with Crippen LogP contribution in [0.4, 0.5) is 0 Å². The summed E-state index contributed by atoms with van der Waals surface area (Å²) in [5.74, 6) is 0. The second-order valence-electron chi connectivity index (χ2n) is 6.51. The molecule has 1 aliphatic carbocycles. The van der Waals surface area contributed by atoms with Gasteiger partial charge in [-0.15, -0.1) is 0 Å². The second kappa shape index (κ2) is 5.47. The summed E-state index contributed by atoms with van der Waals surface area (Å²) in [6.07, 6.45) is 0.901. The second-order valence-corrected chi connectivity index (χ2v) is 8.19. The van der Waals surface area contributed by atoms with Gasteiger partial charge in [-0.05, 0) is 23.5 Å². The molecule has 0 bridgehead atoms. The molecule has 0 radical (unpaired) electrons. The van der Waals surface area contributed by atoms with Crippen LogP contribution in [0.2, 0.25) is 0 Å². The summed E-state index contributed by atoms with van der Waals surface area (Å²) in [6, 6.07) is 7.56. The Labute approximate surface area is 122 Å². The topological polar surface area (TPSA) is 58.2 Å². The van der Waals surface area contributed by atoms with Crippen molar-refractivity contribution in [2.24, 2.45) is 5.41 Å². The lowest BCUT2D eigenvalue weighted by molar-refractivity contribution is 0.550. The van der Waals surface area contributed by atoms with Gasteiger partial charge in [-0.25, -0.2) is 13.1 Å². The van der Waals surface area contributed by atoms with Gasteiger partial charge in [0.2, 0.25) is 10.0 Å². The molecule has 0 aromatic heterocycles. The zero-order chi connectivity index (χ0) is 15.0. The van der Waals surface area contributed by atoms with Crippen molar-refractivity contribution in [3.8, 4) is 0 Å². The smallest absolute Gasteiger partial charge is 0.241 e. The Morgan fingerprint density at radius 1 is 1.30 bits per heavy atom. The van der Waals surface area contributed by atoms with E-state index in [1.54, 1.807) is 12.1 Å². The zero-order valence-corrected chi connectivity index (χ0v) is 13.4. The van der Waals surface area contributed by atoms with E-state index in [-0.39, 0.29) is 11.5 Å². The highest BCUT2D eigenvalue weighted by Crippen LogP contribution is 2.45. The van der Waals surface area contributed by atoms with E-state index in [2.05, 4.69) is 23.9 Å². The highest BCUT2D eigenvalue weighted by atomic mass is 32.2. The summed E-state index contributed by atoms with van der Waals surface area (Å²) >= 11 is 0. The maximum absolute atomic E-state index is 12.5. The van der Waals surface area contributed by atoms with E-state index >= 15 is 0 Å². The fraction of sp³-hybridized carbons (Fsp3) is 0.600. The minimum absolute atomic E-state index is 0.0543. The van der Waals surface area contributed by atoms with Gasteiger partial charge in [0.15, 0.2) is 0 Å². The third-order valence-corrected chi connectivity index (χ3v) is 5.35. The van der Waals surface area contributed by atoms with Crippen molar-refractivity contribution < 1.29 is 8.42 Å². The summed E-state index contributed by atoms with van der Waals surface area (Å²) in [5, 5.41) is 3.27. The summed E-state index contributed by atoms with van der Waals surface area (Å²) in [7, 11) is -3.44. The van der Waals surface area contributed by atoms with Crippen molar-refractivity contribution >= 4 is 10.0 Å². The minimum atomic E-state index is -3.44. The van der Waals surface area contributed by atoms with Gasteiger partial charge in [0.25, 0.3) is 0 Å². The molecule has 1 saturated carbocycles. The molecule has 1 unspecified atom stereocenters. The Morgan fingerprint density at radius 2 is 1.90 bits per heavy atom. The molecule has 0 spiro atoms. The van der Waals surface area contributed by atoms with Crippen molar-refractivity contribution in [1.29, 1.82) is 0 Å². The van der Waals surface area contributed by atoms with Crippen molar-refractivity contribution in [3.63, 3.8) is 0 Å². The minimum Gasteiger partial charge on any atom is -0.310 e. The molecule has 2 N–H and O–H groups in total. The Morgan fingerprint density at radius 3 is 2.45 bits per heavy atom. The molecule has 2 rings (SSSR count). The number of nitrogens with one attached hydrogen (secondary N) is 2. The Bertz CT molecular complexity index is 579. The average molecular weight is 296 g/mol. The van der Waals surface area contributed by atoms with Crippen LogP contribution in [0.1, 0.15) is 39.7 Å². The molecular formula is C15H24N2O2S. The monoisotopic (exact) mass is 296 g/mol. The highest BCUT2D eigenvalue weighted by Gasteiger charge is 2.48. The van der Waals surface area contributed by atoms with Crippen LogP contribution in [0, 0.1) is 5.41 Å². The number of hydrogen-bond donors (Lipinski definition) is 2. The third kappa shape index (κ3) is 3.59. The van der Waals surface area contributed by atoms with Gasteiger partial charge >= 0.3 is 0 Å². The average Bonchev–Trinajstić information content (AvgIpc) is 2.93. The number of hydrogen-bond acceptors (Lipinski definition) is 3. The van der Waals surface area contributed by atoms with Crippen LogP contribution in [0.3, 0.4) is 0 Å². The van der Waals surface area contributed by atoms with Crippen molar-refractivity contribution in [3.05, 3.63) is 29.8 Å². The molecule has 1 aromatic carbocycles. The SMILES string of the molecule is CC(C)NCc1ccccc1S(=O)(=O)NC1CC1(C)C. The van der Waals surface area contributed by atoms with Gasteiger partial charge in [0.1, 0.15) is 0 Å². The molecule has 0 aliphatic heterocycles. The van der Waals surface area contributed by atoms with E-state index in [1.807, 2.05) is 26.0 Å². The van der Waals surface area contributed by atoms with E-state index < -0.39 is 10.0 Å². The molecular weight excluding hydrogens is 272 g/mol. The number of rotatable bonds is 6. The van der Waals surface area contributed by atoms with Gasteiger partial charge < -0.3 is 5.32 Å². The first kappa shape index (κ1) is 15.5. The van der Waals surface area contributed by atoms with Crippen molar-refractivity contribution in [2.75, 3.05) is 0 Å². The molecule has 1 atom stereocenters. The first-order chi connectivity index (χ1) is 9.22. The van der Waals surface area contributed by atoms with Crippen LogP contribution in [0.15, 0.2) is 29.2 Å². The van der Waals surface area contributed by atoms with E-state index in [9.17, 15) is 8.42 Å². The summed E-state index contributed by atoms with van der Waals surface area (Å²) in [6.45, 7) is 8.80. The van der Waals surface area contributed by atoms with Crippen LogP contribution in [0.25, 0.3) is 0 Å². The van der Waals surface area contributed by atoms with E-state index in [0.29, 0.717) is 17.5 Å². The Hall–Kier alpha value is -0.910. The summed E-state index contributed by atoms with van der Waals surface area (Å²) in [5.41, 5.74) is 0.894. The van der Waals surface area contributed by atoms with Gasteiger partial charge in [0, 0.05) is 18.6 Å². The number of sulfonamides is 1. The normalized spacial score (nSPS) is 21.1. The fourth-order valence-corrected chi connectivity index (χ4v) is 3.79. The van der Waals surface area contributed by atoms with Crippen LogP contribution >= 0.6 is 0 Å². The molecule has 1 aromatic rings. The molecule has 1 aliphatic rings. The van der Waals surface area contributed by atoms with Crippen LogP contribution < -0.4 is 10.0 Å². The first-order valence-corrected chi connectivity index (χ1v) is 8.54. The molecule has 0 amide bonds. The van der Waals surface area contributed by atoms with Gasteiger partial charge in [-0.2, -0.15) is 0 Å². The molecule has 0 heterocycles. The molecule has 0 saturated heterocycles. The van der Waals surface area contributed by atoms with E-state index in [4.69, 9.17) is 0 Å². The summed E-state index contributed by atoms with van der Waals surface area (Å²) in [4.78, 5) is 0.385. The third-order valence-electron chi connectivity index (χ3n) is 3.77. The van der Waals surface area contributed by atoms with Crippen molar-refractivity contribution in [1.82, 2.24) is 10.0 Å². The predicted molar refractivity (Wildman–Crippen MR) is 80.9 cm³/mol. The quantitative estimate of drug-likeness (QED) is 0.846. The first-order valence-electron chi connectivity index (χ1n) is 7.06. The fourth-order valence-electron chi connectivity index (χ4n) is 2.15. The lowest BCUT2D eigenvalue weighted by atomic mass is 10.2. The standard InChI is InChI=1S/C15H24N2O2S/c1-11(2)16-10-12-7-5-6-8-13(12)20(18,19)17-14-9-15(14,3)4/h5-8,11,14,16-17H,9-10H2,1-4H3. The van der Waals surface area contributed by atoms with Gasteiger partial charge in [-0.3, -0.25) is 0 Å². The maximum Gasteiger partial charge on any atom is 0.241 e. The number of benzene rings is 1. The highest BCUT2D eigenvalue weighted by molar-refractivity contribution is 7.89. The lowest BCUT2D eigenvalue weighted by Crippen LogP contribution is -2.30. The molecule has 20 heavy (non-hydrogen) atoms. The molecule has 4 nitrogen and oxygen atoms in total. The van der Waals surface area contributed by atoms with E-state index in [1.165, 1.54) is 0 Å². The Balaban J connectivity index is 2.18. The maximum atomic E-state index is 12.5. The van der Waals surface area contributed by atoms with Gasteiger partial charge in [-0.1, -0.05) is 45.9 Å². The van der Waals surface area contributed by atoms with Gasteiger partial charge in [0.05, 0.1) is 4.90 Å².